The number of nitrogens with two attached hydrogens (primary N) is 1. The lowest BCUT2D eigenvalue weighted by Gasteiger charge is -1.99. The second kappa shape index (κ2) is 4.18. The molecular weight excluding hydrogens is 220 g/mol. The molecule has 0 radical (unpaired) electrons. The molecular formula is C7H9BrN4. The van der Waals surface area contributed by atoms with E-state index in [1.54, 1.807) is 10.9 Å². The highest BCUT2D eigenvalue weighted by atomic mass is 79.9. The molecule has 64 valence electrons. The van der Waals surface area contributed by atoms with E-state index in [2.05, 4.69) is 32.7 Å². The largest absolute Gasteiger partial charge is 0.312 e. The molecule has 0 aromatic carbocycles. The van der Waals surface area contributed by atoms with Gasteiger partial charge in [0.15, 0.2) is 5.49 Å². The minimum atomic E-state index is 0.234. The first kappa shape index (κ1) is 9.15. The average molecular weight is 229 g/mol. The molecule has 1 aromatic heterocycles. The predicted octanol–water partition coefficient (Wildman–Crippen LogP) is 0.531. The van der Waals surface area contributed by atoms with Crippen molar-refractivity contribution in [3.8, 4) is 0 Å². The van der Waals surface area contributed by atoms with Crippen molar-refractivity contribution in [1.29, 1.82) is 0 Å². The number of rotatable bonds is 2. The highest BCUT2D eigenvalue weighted by Crippen LogP contribution is 2.00. The van der Waals surface area contributed by atoms with Crippen LogP contribution in [-0.4, -0.2) is 18.1 Å². The fourth-order valence-electron chi connectivity index (χ4n) is 0.812. The first-order valence-corrected chi connectivity index (χ1v) is 4.13. The first-order chi connectivity index (χ1) is 5.79. The SMILES string of the molecule is C=Nn1cccc(Br)/c1=N/CN. The van der Waals surface area contributed by atoms with Gasteiger partial charge in [0.1, 0.15) is 0 Å². The predicted molar refractivity (Wildman–Crippen MR) is 51.7 cm³/mol. The van der Waals surface area contributed by atoms with E-state index in [9.17, 15) is 0 Å². The number of nitrogens with zero attached hydrogens (tertiary/aromatic N) is 3. The maximum atomic E-state index is 5.29. The minimum Gasteiger partial charge on any atom is -0.312 e. The molecule has 4 nitrogen and oxygen atoms in total. The van der Waals surface area contributed by atoms with E-state index in [-0.39, 0.29) is 6.67 Å². The van der Waals surface area contributed by atoms with Gasteiger partial charge in [-0.25, -0.2) is 4.68 Å². The van der Waals surface area contributed by atoms with Crippen molar-refractivity contribution in [2.24, 2.45) is 15.8 Å². The topological polar surface area (TPSA) is 55.7 Å². The van der Waals surface area contributed by atoms with Crippen molar-refractivity contribution in [3.05, 3.63) is 28.3 Å². The molecule has 0 aliphatic rings. The fraction of sp³-hybridized carbons (Fsp3) is 0.143. The van der Waals surface area contributed by atoms with Crippen LogP contribution >= 0.6 is 15.9 Å². The van der Waals surface area contributed by atoms with Gasteiger partial charge in [0.05, 0.1) is 11.1 Å². The lowest BCUT2D eigenvalue weighted by molar-refractivity contribution is 0.781. The van der Waals surface area contributed by atoms with Crippen molar-refractivity contribution in [1.82, 2.24) is 4.68 Å². The molecule has 1 aromatic rings. The summed E-state index contributed by atoms with van der Waals surface area (Å²) in [6, 6.07) is 3.71. The van der Waals surface area contributed by atoms with Gasteiger partial charge < -0.3 is 5.73 Å². The Bertz CT molecular complexity index is 342. The van der Waals surface area contributed by atoms with Gasteiger partial charge in [0, 0.05) is 12.9 Å². The van der Waals surface area contributed by atoms with E-state index in [1.165, 1.54) is 0 Å². The van der Waals surface area contributed by atoms with Gasteiger partial charge in [0.2, 0.25) is 0 Å². The summed E-state index contributed by atoms with van der Waals surface area (Å²) in [7, 11) is 0. The zero-order valence-corrected chi connectivity index (χ0v) is 8.03. The number of pyridine rings is 1. The second-order valence-corrected chi connectivity index (χ2v) is 2.86. The van der Waals surface area contributed by atoms with Crippen molar-refractivity contribution < 1.29 is 0 Å². The van der Waals surface area contributed by atoms with Crippen molar-refractivity contribution >= 4 is 22.6 Å². The molecule has 0 aliphatic heterocycles. The summed E-state index contributed by atoms with van der Waals surface area (Å²) in [6.07, 6.45) is 1.76. The summed E-state index contributed by atoms with van der Waals surface area (Å²) in [6.45, 7) is 3.64. The Labute approximate surface area is 78.6 Å². The van der Waals surface area contributed by atoms with Crippen LogP contribution in [0.5, 0.6) is 0 Å². The van der Waals surface area contributed by atoms with Crippen LogP contribution in [0.25, 0.3) is 0 Å². The standard InChI is InChI=1S/C7H9BrN4/c1-10-12-4-2-3-6(8)7(12)11-5-9/h2-4H,1,5,9H2/b11-7-. The highest BCUT2D eigenvalue weighted by Gasteiger charge is 1.93. The van der Waals surface area contributed by atoms with Crippen LogP contribution in [0.3, 0.4) is 0 Å². The molecule has 0 spiro atoms. The molecule has 0 amide bonds. The molecule has 1 rings (SSSR count). The van der Waals surface area contributed by atoms with Crippen LogP contribution in [0.4, 0.5) is 0 Å². The molecule has 12 heavy (non-hydrogen) atoms. The number of aromatic nitrogens is 1. The monoisotopic (exact) mass is 228 g/mol. The molecule has 0 unspecified atom stereocenters. The van der Waals surface area contributed by atoms with E-state index < -0.39 is 0 Å². The number of halogens is 1. The molecule has 1 heterocycles. The summed E-state index contributed by atoms with van der Waals surface area (Å²) in [5.74, 6) is 0. The first-order valence-electron chi connectivity index (χ1n) is 3.34. The van der Waals surface area contributed by atoms with E-state index in [4.69, 9.17) is 5.73 Å². The summed E-state index contributed by atoms with van der Waals surface area (Å²) >= 11 is 3.33. The van der Waals surface area contributed by atoms with Gasteiger partial charge in [-0.15, -0.1) is 0 Å². The van der Waals surface area contributed by atoms with Gasteiger partial charge in [-0.05, 0) is 28.1 Å². The van der Waals surface area contributed by atoms with Crippen LogP contribution in [0.15, 0.2) is 32.9 Å². The summed E-state index contributed by atoms with van der Waals surface area (Å²) in [4.78, 5) is 4.04. The molecule has 5 heteroatoms. The quantitative estimate of drug-likeness (QED) is 0.739. The number of hydrogen-bond donors (Lipinski definition) is 1. The Hall–Kier alpha value is -0.940. The van der Waals surface area contributed by atoms with E-state index in [0.29, 0.717) is 5.49 Å². The Balaban J connectivity index is 3.39. The molecule has 0 aliphatic carbocycles. The minimum absolute atomic E-state index is 0.234. The van der Waals surface area contributed by atoms with Gasteiger partial charge in [0.25, 0.3) is 0 Å². The van der Waals surface area contributed by atoms with Crippen molar-refractivity contribution in [2.75, 3.05) is 6.67 Å². The van der Waals surface area contributed by atoms with Gasteiger partial charge >= 0.3 is 0 Å². The zero-order valence-electron chi connectivity index (χ0n) is 6.44. The third-order valence-corrected chi connectivity index (χ3v) is 1.91. The third-order valence-electron chi connectivity index (χ3n) is 1.29. The van der Waals surface area contributed by atoms with Crippen molar-refractivity contribution in [3.63, 3.8) is 0 Å². The van der Waals surface area contributed by atoms with E-state index in [1.807, 2.05) is 12.1 Å². The number of hydrogen-bond acceptors (Lipinski definition) is 3. The molecule has 2 N–H and O–H groups in total. The maximum Gasteiger partial charge on any atom is 0.164 e. The van der Waals surface area contributed by atoms with Crippen LogP contribution in [0.1, 0.15) is 0 Å². The lowest BCUT2D eigenvalue weighted by Crippen LogP contribution is -2.19. The fourth-order valence-corrected chi connectivity index (χ4v) is 1.27. The van der Waals surface area contributed by atoms with Gasteiger partial charge in [-0.2, -0.15) is 5.10 Å². The molecule has 0 atom stereocenters. The second-order valence-electron chi connectivity index (χ2n) is 2.01. The van der Waals surface area contributed by atoms with Crippen LogP contribution in [0, 0.1) is 0 Å². The Morgan fingerprint density at radius 1 is 1.67 bits per heavy atom. The molecule has 0 bridgehead atoms. The van der Waals surface area contributed by atoms with Crippen LogP contribution < -0.4 is 11.2 Å². The zero-order chi connectivity index (χ0) is 8.97. The maximum absolute atomic E-state index is 5.29. The average Bonchev–Trinajstić information content (AvgIpc) is 2.09. The summed E-state index contributed by atoms with van der Waals surface area (Å²) in [5, 5.41) is 3.74. The van der Waals surface area contributed by atoms with E-state index in [0.717, 1.165) is 4.47 Å². The third kappa shape index (κ3) is 1.80. The Morgan fingerprint density at radius 2 is 2.42 bits per heavy atom. The smallest absolute Gasteiger partial charge is 0.164 e. The summed E-state index contributed by atoms with van der Waals surface area (Å²) in [5.41, 5.74) is 5.97. The Kier molecular flexibility index (Phi) is 3.19. The highest BCUT2D eigenvalue weighted by molar-refractivity contribution is 9.10. The molecule has 0 fully saturated rings. The van der Waals surface area contributed by atoms with Crippen LogP contribution in [-0.2, 0) is 0 Å². The Morgan fingerprint density at radius 3 is 3.00 bits per heavy atom. The normalized spacial score (nSPS) is 11.7. The van der Waals surface area contributed by atoms with Crippen molar-refractivity contribution in [2.45, 2.75) is 0 Å². The van der Waals surface area contributed by atoms with Gasteiger partial charge in [-0.3, -0.25) is 4.99 Å². The van der Waals surface area contributed by atoms with Crippen LogP contribution in [0.2, 0.25) is 0 Å². The lowest BCUT2D eigenvalue weighted by atomic mass is 10.5. The molecule has 0 saturated carbocycles. The molecule has 0 saturated heterocycles. The van der Waals surface area contributed by atoms with E-state index >= 15 is 0 Å². The van der Waals surface area contributed by atoms with Gasteiger partial charge in [-0.1, -0.05) is 0 Å². The summed E-state index contributed by atoms with van der Waals surface area (Å²) < 4.78 is 2.40.